The Morgan fingerprint density at radius 2 is 1.91 bits per heavy atom. The number of nitrogens with zero attached hydrogens (tertiary/aromatic N) is 1. The van der Waals surface area contributed by atoms with Crippen LogP contribution in [0.3, 0.4) is 0 Å². The number of rotatable bonds is 3. The van der Waals surface area contributed by atoms with Crippen LogP contribution >= 0.6 is 0 Å². The fourth-order valence-corrected chi connectivity index (χ4v) is 1.88. The zero-order valence-electron chi connectivity index (χ0n) is 11.4. The normalized spacial score (nSPS) is 12.5. The minimum Gasteiger partial charge on any atom is -0.496 e. The molecule has 0 fully saturated rings. The number of alkyl halides is 3. The molecule has 0 atom stereocenters. The summed E-state index contributed by atoms with van der Waals surface area (Å²) in [5, 5.41) is 10.8. The lowest BCUT2D eigenvalue weighted by atomic mass is 10.1. The van der Waals surface area contributed by atoms with Crippen LogP contribution in [0.25, 0.3) is 11.0 Å². The van der Waals surface area contributed by atoms with Gasteiger partial charge in [0.15, 0.2) is 5.71 Å². The molecular weight excluding hydrogens is 307 g/mol. The summed E-state index contributed by atoms with van der Waals surface area (Å²) in [6, 6.07) is 3.63. The first-order chi connectivity index (χ1) is 10.3. The standard InChI is InChI=1S/C13H10F3NO5/c1-20-6-3-9(21-2)7-5-8(11(17-19)13(14,15)16)12(18)22-10(7)4-6/h3-5,19H,1-2H3/b17-11+. The van der Waals surface area contributed by atoms with Crippen molar-refractivity contribution in [2.45, 2.75) is 6.18 Å². The van der Waals surface area contributed by atoms with Crippen molar-refractivity contribution < 1.29 is 32.3 Å². The molecule has 0 bridgehead atoms. The molecule has 0 aliphatic carbocycles. The zero-order valence-corrected chi connectivity index (χ0v) is 11.4. The van der Waals surface area contributed by atoms with Gasteiger partial charge in [-0.15, -0.1) is 0 Å². The van der Waals surface area contributed by atoms with Crippen LogP contribution in [0.5, 0.6) is 11.5 Å². The monoisotopic (exact) mass is 317 g/mol. The van der Waals surface area contributed by atoms with Crippen LogP contribution in [0.15, 0.2) is 32.6 Å². The van der Waals surface area contributed by atoms with Gasteiger partial charge in [0.25, 0.3) is 0 Å². The van der Waals surface area contributed by atoms with E-state index in [2.05, 4.69) is 5.16 Å². The third-order valence-electron chi connectivity index (χ3n) is 2.87. The third kappa shape index (κ3) is 2.69. The molecule has 118 valence electrons. The van der Waals surface area contributed by atoms with E-state index in [1.807, 2.05) is 0 Å². The topological polar surface area (TPSA) is 81.3 Å². The van der Waals surface area contributed by atoms with Gasteiger partial charge in [0.05, 0.1) is 25.2 Å². The Morgan fingerprint density at radius 3 is 2.41 bits per heavy atom. The first-order valence-corrected chi connectivity index (χ1v) is 5.81. The fraction of sp³-hybridized carbons (Fsp3) is 0.231. The Morgan fingerprint density at radius 1 is 1.23 bits per heavy atom. The third-order valence-corrected chi connectivity index (χ3v) is 2.87. The maximum atomic E-state index is 12.8. The molecule has 0 radical (unpaired) electrons. The summed E-state index contributed by atoms with van der Waals surface area (Å²) >= 11 is 0. The van der Waals surface area contributed by atoms with E-state index in [1.54, 1.807) is 0 Å². The van der Waals surface area contributed by atoms with Gasteiger partial charge in [0.1, 0.15) is 17.1 Å². The minimum atomic E-state index is -5.02. The summed E-state index contributed by atoms with van der Waals surface area (Å²) in [7, 11) is 2.66. The van der Waals surface area contributed by atoms with Gasteiger partial charge < -0.3 is 19.1 Å². The Bertz CT molecular complexity index is 795. The highest BCUT2D eigenvalue weighted by Crippen LogP contribution is 2.32. The van der Waals surface area contributed by atoms with Crippen molar-refractivity contribution in [2.75, 3.05) is 14.2 Å². The van der Waals surface area contributed by atoms with Gasteiger partial charge >= 0.3 is 11.8 Å². The second kappa shape index (κ2) is 5.58. The smallest absolute Gasteiger partial charge is 0.437 e. The molecule has 9 heteroatoms. The molecule has 1 heterocycles. The molecule has 1 aromatic heterocycles. The van der Waals surface area contributed by atoms with E-state index in [9.17, 15) is 18.0 Å². The van der Waals surface area contributed by atoms with Gasteiger partial charge in [0, 0.05) is 12.1 Å². The predicted molar refractivity (Wildman–Crippen MR) is 70.0 cm³/mol. The fourth-order valence-electron chi connectivity index (χ4n) is 1.88. The van der Waals surface area contributed by atoms with Gasteiger partial charge in [0.2, 0.25) is 0 Å². The molecule has 2 aromatic rings. The number of benzene rings is 1. The molecule has 0 aliphatic rings. The largest absolute Gasteiger partial charge is 0.496 e. The van der Waals surface area contributed by atoms with Crippen LogP contribution in [0, 0.1) is 0 Å². The van der Waals surface area contributed by atoms with Crippen molar-refractivity contribution >= 4 is 16.7 Å². The number of oxime groups is 1. The van der Waals surface area contributed by atoms with Gasteiger partial charge in [-0.25, -0.2) is 4.79 Å². The lowest BCUT2D eigenvalue weighted by molar-refractivity contribution is -0.0602. The van der Waals surface area contributed by atoms with E-state index in [0.717, 1.165) is 6.07 Å². The molecule has 0 unspecified atom stereocenters. The first kappa shape index (κ1) is 15.7. The average Bonchev–Trinajstić information content (AvgIpc) is 2.45. The van der Waals surface area contributed by atoms with E-state index in [1.165, 1.54) is 26.4 Å². The van der Waals surface area contributed by atoms with Crippen LogP contribution in [0.4, 0.5) is 13.2 Å². The molecule has 0 saturated heterocycles. The lowest BCUT2D eigenvalue weighted by Gasteiger charge is -2.11. The van der Waals surface area contributed by atoms with Crippen molar-refractivity contribution in [1.29, 1.82) is 0 Å². The van der Waals surface area contributed by atoms with Crippen molar-refractivity contribution in [3.05, 3.63) is 34.2 Å². The molecule has 1 N–H and O–H groups in total. The van der Waals surface area contributed by atoms with Crippen molar-refractivity contribution in [2.24, 2.45) is 5.16 Å². The summed E-state index contributed by atoms with van der Waals surface area (Å²) in [5.74, 6) is 0.436. The lowest BCUT2D eigenvalue weighted by Crippen LogP contribution is -2.29. The van der Waals surface area contributed by atoms with Crippen molar-refractivity contribution in [3.8, 4) is 11.5 Å². The molecular formula is C13H10F3NO5. The number of ether oxygens (including phenoxy) is 2. The van der Waals surface area contributed by atoms with Gasteiger partial charge in [-0.2, -0.15) is 13.2 Å². The van der Waals surface area contributed by atoms with Gasteiger partial charge in [-0.3, -0.25) is 0 Å². The number of hydrogen-bond donors (Lipinski definition) is 1. The Kier molecular flexibility index (Phi) is 3.98. The van der Waals surface area contributed by atoms with E-state index < -0.39 is 23.1 Å². The predicted octanol–water partition coefficient (Wildman–Crippen LogP) is 2.55. The number of fused-ring (bicyclic) bond motifs is 1. The maximum absolute atomic E-state index is 12.8. The van der Waals surface area contributed by atoms with Gasteiger partial charge in [-0.05, 0) is 6.07 Å². The number of methoxy groups -OCH3 is 2. The summed E-state index contributed by atoms with van der Waals surface area (Å²) < 4.78 is 53.2. The van der Waals surface area contributed by atoms with Crippen LogP contribution in [0.1, 0.15) is 5.56 Å². The molecule has 2 rings (SSSR count). The van der Waals surface area contributed by atoms with Gasteiger partial charge in [-0.1, -0.05) is 5.16 Å². The Hall–Kier alpha value is -2.71. The Balaban J connectivity index is 2.80. The highest BCUT2D eigenvalue weighted by molar-refractivity contribution is 6.06. The van der Waals surface area contributed by atoms with Crippen molar-refractivity contribution in [3.63, 3.8) is 0 Å². The quantitative estimate of drug-likeness (QED) is 0.407. The summed E-state index contributed by atoms with van der Waals surface area (Å²) in [5.41, 5.74) is -4.00. The van der Waals surface area contributed by atoms with Crippen LogP contribution in [0.2, 0.25) is 0 Å². The van der Waals surface area contributed by atoms with Crippen LogP contribution < -0.4 is 15.1 Å². The number of hydrogen-bond acceptors (Lipinski definition) is 6. The van der Waals surface area contributed by atoms with Crippen molar-refractivity contribution in [1.82, 2.24) is 0 Å². The SMILES string of the molecule is COc1cc(OC)c2cc(/C(=N\O)C(F)(F)F)c(=O)oc2c1. The van der Waals surface area contributed by atoms with E-state index in [-0.39, 0.29) is 16.7 Å². The van der Waals surface area contributed by atoms with E-state index in [4.69, 9.17) is 19.1 Å². The number of halogens is 3. The minimum absolute atomic E-state index is 0.0237. The van der Waals surface area contributed by atoms with Crippen LogP contribution in [-0.2, 0) is 0 Å². The average molecular weight is 317 g/mol. The van der Waals surface area contributed by atoms with E-state index in [0.29, 0.717) is 5.75 Å². The maximum Gasteiger partial charge on any atom is 0.437 e. The zero-order chi connectivity index (χ0) is 16.5. The molecule has 1 aromatic carbocycles. The molecule has 22 heavy (non-hydrogen) atoms. The molecule has 0 aliphatic heterocycles. The van der Waals surface area contributed by atoms with Crippen LogP contribution in [-0.4, -0.2) is 31.3 Å². The molecule has 0 amide bonds. The second-order valence-electron chi connectivity index (χ2n) is 4.14. The first-order valence-electron chi connectivity index (χ1n) is 5.81. The summed E-state index contributed by atoms with van der Waals surface area (Å²) in [6.45, 7) is 0. The highest BCUT2D eigenvalue weighted by atomic mass is 19.4. The highest BCUT2D eigenvalue weighted by Gasteiger charge is 2.40. The molecule has 0 spiro atoms. The summed E-state index contributed by atoms with van der Waals surface area (Å²) in [6.07, 6.45) is -5.02. The molecule has 0 saturated carbocycles. The summed E-state index contributed by atoms with van der Waals surface area (Å²) in [4.78, 5) is 11.7. The second-order valence-corrected chi connectivity index (χ2v) is 4.14. The van der Waals surface area contributed by atoms with E-state index >= 15 is 0 Å². The molecule has 6 nitrogen and oxygen atoms in total. The Labute approximate surface area is 121 Å².